The molecule has 0 fully saturated rings. The Morgan fingerprint density at radius 2 is 1.78 bits per heavy atom. The summed E-state index contributed by atoms with van der Waals surface area (Å²) in [4.78, 5) is 18.9. The molecule has 4 aromatic rings. The molecule has 4 rings (SSSR count). The summed E-state index contributed by atoms with van der Waals surface area (Å²) in [6.07, 6.45) is 0. The Morgan fingerprint density at radius 3 is 2.44 bits per heavy atom. The minimum Gasteiger partial charge on any atom is -0.298 e. The first-order valence-corrected chi connectivity index (χ1v) is 12.7. The fraction of sp³-hybridized carbons (Fsp3) is 0.0909. The number of halogens is 1. The van der Waals surface area contributed by atoms with Gasteiger partial charge in [0.15, 0.2) is 5.13 Å². The quantitative estimate of drug-likeness (QED) is 0.382. The number of carbonyl (C=O) groups is 1. The van der Waals surface area contributed by atoms with E-state index in [1.54, 1.807) is 12.1 Å². The van der Waals surface area contributed by atoms with E-state index in [-0.39, 0.29) is 17.3 Å². The number of hydrogen-bond donors (Lipinski definition) is 2. The van der Waals surface area contributed by atoms with Gasteiger partial charge in [0.2, 0.25) is 10.0 Å². The van der Waals surface area contributed by atoms with Gasteiger partial charge in [-0.3, -0.25) is 10.1 Å². The summed E-state index contributed by atoms with van der Waals surface area (Å²) in [5, 5.41) is 5.02. The second-order valence-electron chi connectivity index (χ2n) is 6.81. The monoisotopic (exact) mass is 487 g/mol. The first kappa shape index (κ1) is 22.3. The molecule has 2 aromatic heterocycles. The van der Waals surface area contributed by atoms with E-state index in [1.807, 2.05) is 24.4 Å². The molecule has 1 amide bonds. The Morgan fingerprint density at radius 1 is 1.06 bits per heavy atom. The van der Waals surface area contributed by atoms with Gasteiger partial charge in [0.25, 0.3) is 5.91 Å². The van der Waals surface area contributed by atoms with Gasteiger partial charge in [-0.25, -0.2) is 22.5 Å². The van der Waals surface area contributed by atoms with E-state index in [4.69, 9.17) is 0 Å². The van der Waals surface area contributed by atoms with Crippen molar-refractivity contribution in [3.8, 4) is 11.3 Å². The molecule has 164 valence electrons. The van der Waals surface area contributed by atoms with Gasteiger partial charge in [-0.05, 0) is 66.9 Å². The summed E-state index contributed by atoms with van der Waals surface area (Å²) >= 11 is 2.77. The van der Waals surface area contributed by atoms with Crippen LogP contribution in [-0.2, 0) is 16.6 Å². The van der Waals surface area contributed by atoms with E-state index in [2.05, 4.69) is 15.0 Å². The lowest BCUT2D eigenvalue weighted by Gasteiger charge is -2.07. The molecule has 2 aromatic carbocycles. The molecule has 2 heterocycles. The Kier molecular flexibility index (Phi) is 6.47. The van der Waals surface area contributed by atoms with Gasteiger partial charge in [0.1, 0.15) is 5.82 Å². The number of carbonyl (C=O) groups excluding carboxylic acids is 1. The normalized spacial score (nSPS) is 11.4. The van der Waals surface area contributed by atoms with Crippen LogP contribution in [-0.4, -0.2) is 19.3 Å². The van der Waals surface area contributed by atoms with Crippen molar-refractivity contribution >= 4 is 43.7 Å². The Balaban J connectivity index is 1.44. The third kappa shape index (κ3) is 5.10. The Bertz CT molecular complexity index is 1330. The fourth-order valence-corrected chi connectivity index (χ4v) is 5.52. The zero-order chi connectivity index (χ0) is 22.7. The minimum absolute atomic E-state index is 0.0781. The van der Waals surface area contributed by atoms with Crippen LogP contribution in [0.1, 0.15) is 20.1 Å². The fourth-order valence-electron chi connectivity index (χ4n) is 2.94. The highest BCUT2D eigenvalue weighted by Crippen LogP contribution is 2.30. The van der Waals surface area contributed by atoms with Crippen LogP contribution in [0.3, 0.4) is 0 Å². The molecule has 0 unspecified atom stereocenters. The number of rotatable bonds is 7. The van der Waals surface area contributed by atoms with E-state index in [1.165, 1.54) is 59.1 Å². The summed E-state index contributed by atoms with van der Waals surface area (Å²) in [6.45, 7) is 2.08. The van der Waals surface area contributed by atoms with Gasteiger partial charge in [0.05, 0.1) is 10.6 Å². The van der Waals surface area contributed by atoms with E-state index in [0.717, 1.165) is 15.3 Å². The van der Waals surface area contributed by atoms with Crippen LogP contribution in [0.4, 0.5) is 9.52 Å². The lowest BCUT2D eigenvalue weighted by Crippen LogP contribution is -2.23. The number of aromatic nitrogens is 1. The molecule has 10 heteroatoms. The van der Waals surface area contributed by atoms with Crippen molar-refractivity contribution < 1.29 is 17.6 Å². The number of sulfonamides is 1. The lowest BCUT2D eigenvalue weighted by atomic mass is 10.1. The van der Waals surface area contributed by atoms with Gasteiger partial charge in [0, 0.05) is 27.4 Å². The molecule has 0 saturated heterocycles. The van der Waals surface area contributed by atoms with Gasteiger partial charge in [-0.1, -0.05) is 6.07 Å². The molecule has 0 aliphatic heterocycles. The molecule has 6 nitrogen and oxygen atoms in total. The second-order valence-corrected chi connectivity index (χ2v) is 10.8. The highest BCUT2D eigenvalue weighted by Gasteiger charge is 2.17. The van der Waals surface area contributed by atoms with E-state index in [9.17, 15) is 17.6 Å². The third-order valence-electron chi connectivity index (χ3n) is 4.58. The summed E-state index contributed by atoms with van der Waals surface area (Å²) in [5.74, 6) is -0.734. The number of benzene rings is 2. The zero-order valence-corrected chi connectivity index (χ0v) is 19.3. The first-order valence-electron chi connectivity index (χ1n) is 9.49. The number of nitrogens with zero attached hydrogens (tertiary/aromatic N) is 1. The second kappa shape index (κ2) is 9.29. The van der Waals surface area contributed by atoms with Crippen LogP contribution in [0.2, 0.25) is 0 Å². The average molecular weight is 488 g/mol. The third-order valence-corrected chi connectivity index (χ3v) is 7.76. The van der Waals surface area contributed by atoms with Gasteiger partial charge >= 0.3 is 0 Å². The maximum absolute atomic E-state index is 13.2. The molecule has 0 saturated carbocycles. The van der Waals surface area contributed by atoms with Crippen molar-refractivity contribution in [3.05, 3.63) is 87.2 Å². The van der Waals surface area contributed by atoms with Crippen LogP contribution < -0.4 is 10.0 Å². The van der Waals surface area contributed by atoms with Crippen molar-refractivity contribution in [1.29, 1.82) is 0 Å². The number of thiazole rings is 1. The number of amides is 1. The first-order chi connectivity index (χ1) is 15.3. The average Bonchev–Trinajstić information content (AvgIpc) is 3.43. The summed E-state index contributed by atoms with van der Waals surface area (Å²) in [5.41, 5.74) is 1.73. The van der Waals surface area contributed by atoms with Crippen LogP contribution >= 0.6 is 22.7 Å². The number of nitrogens with one attached hydrogen (secondary N) is 2. The van der Waals surface area contributed by atoms with Crippen LogP contribution in [0.15, 0.2) is 70.9 Å². The highest BCUT2D eigenvalue weighted by molar-refractivity contribution is 7.89. The summed E-state index contributed by atoms with van der Waals surface area (Å²) < 4.78 is 40.6. The van der Waals surface area contributed by atoms with Crippen LogP contribution in [0.25, 0.3) is 11.3 Å². The Hall–Kier alpha value is -2.92. The largest absolute Gasteiger partial charge is 0.298 e. The predicted octanol–water partition coefficient (Wildman–Crippen LogP) is 5.05. The topological polar surface area (TPSA) is 88.2 Å². The van der Waals surface area contributed by atoms with Crippen molar-refractivity contribution in [2.45, 2.75) is 18.4 Å². The number of hydrogen-bond acceptors (Lipinski definition) is 6. The molecule has 0 aliphatic rings. The smallest absolute Gasteiger partial charge is 0.257 e. The van der Waals surface area contributed by atoms with E-state index >= 15 is 0 Å². The maximum atomic E-state index is 13.2. The zero-order valence-electron chi connectivity index (χ0n) is 16.8. The SMILES string of the molecule is Cc1sc(NC(=O)c2ccc(S(=O)(=O)NCc3cccs3)cc2)nc1-c1ccc(F)cc1. The number of thiophene rings is 1. The molecule has 0 aliphatic carbocycles. The summed E-state index contributed by atoms with van der Waals surface area (Å²) in [6, 6.07) is 15.4. The molecule has 0 radical (unpaired) electrons. The van der Waals surface area contributed by atoms with E-state index < -0.39 is 15.9 Å². The van der Waals surface area contributed by atoms with Crippen molar-refractivity contribution in [1.82, 2.24) is 9.71 Å². The molecular weight excluding hydrogens is 469 g/mol. The molecule has 2 N–H and O–H groups in total. The van der Waals surface area contributed by atoms with Gasteiger partial charge in [-0.15, -0.1) is 22.7 Å². The Labute approximate surface area is 192 Å². The lowest BCUT2D eigenvalue weighted by molar-refractivity contribution is 0.102. The number of aryl methyl sites for hydroxylation is 1. The highest BCUT2D eigenvalue weighted by atomic mass is 32.2. The minimum atomic E-state index is -3.69. The molecule has 0 bridgehead atoms. The number of anilines is 1. The van der Waals surface area contributed by atoms with E-state index in [0.29, 0.717) is 16.4 Å². The molecule has 32 heavy (non-hydrogen) atoms. The van der Waals surface area contributed by atoms with Gasteiger partial charge in [-0.2, -0.15) is 0 Å². The molecular formula is C22H18FN3O3S3. The van der Waals surface area contributed by atoms with Crippen LogP contribution in [0.5, 0.6) is 0 Å². The predicted molar refractivity (Wildman–Crippen MR) is 125 cm³/mol. The molecule has 0 atom stereocenters. The van der Waals surface area contributed by atoms with Crippen molar-refractivity contribution in [2.24, 2.45) is 0 Å². The van der Waals surface area contributed by atoms with Crippen LogP contribution in [0, 0.1) is 12.7 Å². The van der Waals surface area contributed by atoms with Crippen molar-refractivity contribution in [2.75, 3.05) is 5.32 Å². The standard InChI is InChI=1S/C22H18FN3O3S3/c1-14-20(15-4-8-17(23)9-5-15)25-22(31-14)26-21(27)16-6-10-19(11-7-16)32(28,29)24-13-18-3-2-12-30-18/h2-12,24H,13H2,1H3,(H,25,26,27). The molecule has 0 spiro atoms. The van der Waals surface area contributed by atoms with Crippen molar-refractivity contribution in [3.63, 3.8) is 0 Å². The maximum Gasteiger partial charge on any atom is 0.257 e. The van der Waals surface area contributed by atoms with Gasteiger partial charge < -0.3 is 0 Å². The summed E-state index contributed by atoms with van der Waals surface area (Å²) in [7, 11) is -3.69.